The average Bonchev–Trinajstić information content (AvgIpc) is 3.24. The van der Waals surface area contributed by atoms with Gasteiger partial charge >= 0.3 is 5.97 Å². The van der Waals surface area contributed by atoms with Crippen LogP contribution in [0.3, 0.4) is 0 Å². The molecule has 0 bridgehead atoms. The van der Waals surface area contributed by atoms with Crippen LogP contribution < -0.4 is 5.32 Å². The zero-order chi connectivity index (χ0) is 15.7. The number of ether oxygens (including phenoxy) is 1. The van der Waals surface area contributed by atoms with E-state index in [-0.39, 0.29) is 11.4 Å². The predicted octanol–water partition coefficient (Wildman–Crippen LogP) is 4.01. The number of carbonyl (C=O) groups is 1. The maximum atomic E-state index is 11.5. The molecule has 1 N–H and O–H groups in total. The third-order valence-corrected chi connectivity index (χ3v) is 6.28. The van der Waals surface area contributed by atoms with Gasteiger partial charge in [-0.3, -0.25) is 4.79 Å². The number of esters is 1. The third kappa shape index (κ3) is 6.60. The lowest BCUT2D eigenvalue weighted by Gasteiger charge is -2.28. The first kappa shape index (κ1) is 18.8. The number of hydrogen-bond acceptors (Lipinski definition) is 4. The van der Waals surface area contributed by atoms with Crippen LogP contribution in [0.2, 0.25) is 0 Å². The Kier molecular flexibility index (Phi) is 8.72. The number of carbonyl (C=O) groups excluding carboxylic acids is 1. The van der Waals surface area contributed by atoms with Gasteiger partial charge in [0.25, 0.3) is 0 Å². The summed E-state index contributed by atoms with van der Waals surface area (Å²) in [4.78, 5) is 11.5. The van der Waals surface area contributed by atoms with Gasteiger partial charge in [0, 0.05) is 11.3 Å². The zero-order valence-corrected chi connectivity index (χ0v) is 15.1. The molecular formula is C17H33NO2S. The van der Waals surface area contributed by atoms with E-state index in [9.17, 15) is 4.79 Å². The van der Waals surface area contributed by atoms with Gasteiger partial charge in [-0.05, 0) is 49.8 Å². The summed E-state index contributed by atoms with van der Waals surface area (Å²) in [6.07, 6.45) is 7.84. The summed E-state index contributed by atoms with van der Waals surface area (Å²) >= 11 is 2.07. The van der Waals surface area contributed by atoms with Crippen LogP contribution in [0, 0.1) is 5.41 Å². The molecule has 2 atom stereocenters. The number of nitrogens with one attached hydrogen (secondary N) is 1. The monoisotopic (exact) mass is 315 g/mol. The minimum atomic E-state index is -0.0460. The van der Waals surface area contributed by atoms with Crippen molar-refractivity contribution in [3.8, 4) is 0 Å². The molecule has 2 unspecified atom stereocenters. The molecule has 0 aliphatic heterocycles. The summed E-state index contributed by atoms with van der Waals surface area (Å²) in [6.45, 7) is 7.88. The smallest absolute Gasteiger partial charge is 0.306 e. The van der Waals surface area contributed by atoms with Crippen molar-refractivity contribution in [2.24, 2.45) is 5.41 Å². The van der Waals surface area contributed by atoms with Crippen LogP contribution in [0.5, 0.6) is 0 Å². The standard InChI is InChI=1S/C17H33NO2S/c1-5-8-14(18-11-6-2)15(7-3)21-13-17(9-10-17)12-16(19)20-4/h14-15,18H,5-13H2,1-4H3. The first-order chi connectivity index (χ1) is 10.1. The first-order valence-corrected chi connectivity index (χ1v) is 9.57. The van der Waals surface area contributed by atoms with Gasteiger partial charge in [0.05, 0.1) is 13.5 Å². The normalized spacial score (nSPS) is 19.0. The van der Waals surface area contributed by atoms with Crippen molar-refractivity contribution in [3.63, 3.8) is 0 Å². The lowest BCUT2D eigenvalue weighted by atomic mass is 10.1. The van der Waals surface area contributed by atoms with E-state index in [1.807, 2.05) is 0 Å². The molecule has 0 amide bonds. The number of methoxy groups -OCH3 is 1. The molecule has 124 valence electrons. The van der Waals surface area contributed by atoms with Gasteiger partial charge in [-0.2, -0.15) is 11.8 Å². The molecule has 1 aliphatic rings. The van der Waals surface area contributed by atoms with Gasteiger partial charge in [-0.1, -0.05) is 27.2 Å². The van der Waals surface area contributed by atoms with Crippen LogP contribution in [0.15, 0.2) is 0 Å². The van der Waals surface area contributed by atoms with Crippen LogP contribution in [0.25, 0.3) is 0 Å². The van der Waals surface area contributed by atoms with Crippen molar-refractivity contribution in [2.45, 2.75) is 77.0 Å². The molecule has 1 aliphatic carbocycles. The van der Waals surface area contributed by atoms with Gasteiger partial charge in [-0.25, -0.2) is 0 Å². The van der Waals surface area contributed by atoms with Gasteiger partial charge < -0.3 is 10.1 Å². The Balaban J connectivity index is 2.46. The summed E-state index contributed by atoms with van der Waals surface area (Å²) in [5.41, 5.74) is 0.243. The van der Waals surface area contributed by atoms with E-state index in [4.69, 9.17) is 4.74 Å². The maximum absolute atomic E-state index is 11.5. The highest BCUT2D eigenvalue weighted by molar-refractivity contribution is 8.00. The minimum Gasteiger partial charge on any atom is -0.469 e. The van der Waals surface area contributed by atoms with Crippen LogP contribution in [0.4, 0.5) is 0 Å². The van der Waals surface area contributed by atoms with E-state index in [1.54, 1.807) is 0 Å². The highest BCUT2D eigenvalue weighted by Gasteiger charge is 2.45. The molecule has 21 heavy (non-hydrogen) atoms. The summed E-state index contributed by atoms with van der Waals surface area (Å²) in [7, 11) is 1.49. The molecule has 3 nitrogen and oxygen atoms in total. The minimum absolute atomic E-state index is 0.0460. The van der Waals surface area contributed by atoms with E-state index < -0.39 is 0 Å². The molecule has 0 aromatic heterocycles. The van der Waals surface area contributed by atoms with Gasteiger partial charge in [-0.15, -0.1) is 0 Å². The van der Waals surface area contributed by atoms with E-state index in [1.165, 1.54) is 45.6 Å². The van der Waals surface area contributed by atoms with Crippen molar-refractivity contribution in [3.05, 3.63) is 0 Å². The van der Waals surface area contributed by atoms with Gasteiger partial charge in [0.1, 0.15) is 0 Å². The number of thioether (sulfide) groups is 1. The largest absolute Gasteiger partial charge is 0.469 e. The maximum Gasteiger partial charge on any atom is 0.306 e. The van der Waals surface area contributed by atoms with Crippen LogP contribution in [-0.4, -0.2) is 36.7 Å². The Morgan fingerprint density at radius 2 is 2.00 bits per heavy atom. The molecule has 0 spiro atoms. The molecule has 1 saturated carbocycles. The summed E-state index contributed by atoms with van der Waals surface area (Å²) in [5, 5.41) is 4.38. The molecule has 1 fully saturated rings. The second-order valence-corrected chi connectivity index (χ2v) is 7.59. The van der Waals surface area contributed by atoms with Crippen molar-refractivity contribution >= 4 is 17.7 Å². The Labute approximate surface area is 135 Å². The third-order valence-electron chi connectivity index (χ3n) is 4.42. The fourth-order valence-corrected chi connectivity index (χ4v) is 4.45. The Bertz CT molecular complexity index is 305. The molecule has 1 rings (SSSR count). The van der Waals surface area contributed by atoms with Crippen molar-refractivity contribution in [2.75, 3.05) is 19.4 Å². The fourth-order valence-electron chi connectivity index (χ4n) is 2.79. The van der Waals surface area contributed by atoms with E-state index >= 15 is 0 Å². The Morgan fingerprint density at radius 3 is 2.48 bits per heavy atom. The summed E-state index contributed by atoms with van der Waals surface area (Å²) in [5.74, 6) is 1.06. The molecule has 0 saturated heterocycles. The number of rotatable bonds is 12. The summed E-state index contributed by atoms with van der Waals surface area (Å²) in [6, 6.07) is 0.610. The van der Waals surface area contributed by atoms with Gasteiger partial charge in [0.15, 0.2) is 0 Å². The fraction of sp³-hybridized carbons (Fsp3) is 0.941. The molecule has 0 radical (unpaired) electrons. The molecule has 0 aromatic rings. The topological polar surface area (TPSA) is 38.3 Å². The SMILES string of the molecule is CCCNC(CCC)C(CC)SCC1(CC(=O)OC)CC1. The van der Waals surface area contributed by atoms with E-state index in [0.717, 1.165) is 12.3 Å². The average molecular weight is 316 g/mol. The second-order valence-electron chi connectivity index (χ2n) is 6.36. The van der Waals surface area contributed by atoms with Crippen LogP contribution in [0.1, 0.15) is 65.7 Å². The van der Waals surface area contributed by atoms with Crippen LogP contribution >= 0.6 is 11.8 Å². The molecule has 0 aromatic carbocycles. The zero-order valence-electron chi connectivity index (χ0n) is 14.2. The predicted molar refractivity (Wildman–Crippen MR) is 91.8 cm³/mol. The molecular weight excluding hydrogens is 282 g/mol. The molecule has 0 heterocycles. The van der Waals surface area contributed by atoms with Crippen molar-refractivity contribution < 1.29 is 9.53 Å². The van der Waals surface area contributed by atoms with Crippen LogP contribution in [-0.2, 0) is 9.53 Å². The van der Waals surface area contributed by atoms with Crippen molar-refractivity contribution in [1.82, 2.24) is 5.32 Å². The lowest BCUT2D eigenvalue weighted by Crippen LogP contribution is -2.38. The van der Waals surface area contributed by atoms with Crippen molar-refractivity contribution in [1.29, 1.82) is 0 Å². The lowest BCUT2D eigenvalue weighted by molar-refractivity contribution is -0.141. The Hall–Kier alpha value is -0.220. The quantitative estimate of drug-likeness (QED) is 0.552. The van der Waals surface area contributed by atoms with E-state index in [2.05, 4.69) is 37.8 Å². The first-order valence-electron chi connectivity index (χ1n) is 8.52. The summed E-state index contributed by atoms with van der Waals surface area (Å²) < 4.78 is 4.84. The number of hydrogen-bond donors (Lipinski definition) is 1. The molecule has 4 heteroatoms. The second kappa shape index (κ2) is 9.73. The van der Waals surface area contributed by atoms with Gasteiger partial charge in [0.2, 0.25) is 0 Å². The highest BCUT2D eigenvalue weighted by atomic mass is 32.2. The highest BCUT2D eigenvalue weighted by Crippen LogP contribution is 2.52. The Morgan fingerprint density at radius 1 is 1.29 bits per heavy atom. The van der Waals surface area contributed by atoms with E-state index in [0.29, 0.717) is 17.7 Å².